The summed E-state index contributed by atoms with van der Waals surface area (Å²) >= 11 is 0. The van der Waals surface area contributed by atoms with Gasteiger partial charge >= 0.3 is 0 Å². The number of aliphatic hydroxyl groups is 1. The summed E-state index contributed by atoms with van der Waals surface area (Å²) in [4.78, 5) is 0. The largest absolute Gasteiger partial charge is 0.493 e. The minimum Gasteiger partial charge on any atom is -0.493 e. The van der Waals surface area contributed by atoms with Gasteiger partial charge < -0.3 is 19.9 Å². The maximum Gasteiger partial charge on any atom is 0.161 e. The summed E-state index contributed by atoms with van der Waals surface area (Å²) in [5.74, 6) is 0.975. The molecule has 5 heteroatoms. The lowest BCUT2D eigenvalue weighted by Gasteiger charge is -2.12. The van der Waals surface area contributed by atoms with E-state index in [9.17, 15) is 4.39 Å². The molecule has 4 nitrogen and oxygen atoms in total. The van der Waals surface area contributed by atoms with Crippen LogP contribution in [0.3, 0.4) is 0 Å². The van der Waals surface area contributed by atoms with Gasteiger partial charge in [-0.3, -0.25) is 0 Å². The van der Waals surface area contributed by atoms with Crippen molar-refractivity contribution in [3.8, 4) is 11.5 Å². The van der Waals surface area contributed by atoms with Gasteiger partial charge in [-0.25, -0.2) is 4.39 Å². The molecule has 0 spiro atoms. The normalized spacial score (nSPS) is 10.6. The molecule has 2 aromatic carbocycles. The summed E-state index contributed by atoms with van der Waals surface area (Å²) in [6.07, 6.45) is 1.83. The van der Waals surface area contributed by atoms with E-state index in [1.54, 1.807) is 25.3 Å². The molecule has 0 amide bonds. The standard InChI is InChI=1S/C19H24FNO3/c1-23-19-12-15(13-21-10-4-5-11-22)8-9-18(19)24-14-16-6-2-3-7-17(16)20/h2-3,6-9,12,21-22H,4-5,10-11,13-14H2,1H3/p+1. The quantitative estimate of drug-likeness (QED) is 0.655. The maximum atomic E-state index is 13.6. The first kappa shape index (κ1) is 18.2. The van der Waals surface area contributed by atoms with E-state index < -0.39 is 0 Å². The van der Waals surface area contributed by atoms with Gasteiger partial charge in [0, 0.05) is 17.7 Å². The molecule has 0 atom stereocenters. The number of hydrogen-bond donors (Lipinski definition) is 2. The van der Waals surface area contributed by atoms with E-state index in [0.29, 0.717) is 17.1 Å². The summed E-state index contributed by atoms with van der Waals surface area (Å²) in [5, 5.41) is 11.0. The number of methoxy groups -OCH3 is 1. The molecular weight excluding hydrogens is 309 g/mol. The van der Waals surface area contributed by atoms with Crippen molar-refractivity contribution >= 4 is 0 Å². The zero-order valence-electron chi connectivity index (χ0n) is 14.0. The summed E-state index contributed by atoms with van der Waals surface area (Å²) in [5.41, 5.74) is 1.65. The Morgan fingerprint density at radius 2 is 1.92 bits per heavy atom. The van der Waals surface area contributed by atoms with Crippen molar-refractivity contribution in [1.29, 1.82) is 0 Å². The second kappa shape index (κ2) is 9.90. The van der Waals surface area contributed by atoms with E-state index >= 15 is 0 Å². The van der Waals surface area contributed by atoms with Crippen LogP contribution in [0, 0.1) is 5.82 Å². The molecule has 0 unspecified atom stereocenters. The van der Waals surface area contributed by atoms with Gasteiger partial charge in [-0.05, 0) is 37.1 Å². The van der Waals surface area contributed by atoms with Crippen molar-refractivity contribution in [2.75, 3.05) is 20.3 Å². The van der Waals surface area contributed by atoms with Crippen LogP contribution >= 0.6 is 0 Å². The summed E-state index contributed by atoms with van der Waals surface area (Å²) < 4.78 is 24.7. The monoisotopic (exact) mass is 334 g/mol. The topological polar surface area (TPSA) is 55.3 Å². The van der Waals surface area contributed by atoms with Crippen LogP contribution in [-0.2, 0) is 13.2 Å². The SMILES string of the molecule is COc1cc(C[NH2+]CCCCO)ccc1OCc1ccccc1F. The molecule has 0 saturated heterocycles. The lowest BCUT2D eigenvalue weighted by atomic mass is 10.2. The van der Waals surface area contributed by atoms with Gasteiger partial charge in [0.05, 0.1) is 13.7 Å². The Balaban J connectivity index is 1.92. The van der Waals surface area contributed by atoms with Gasteiger partial charge in [-0.1, -0.05) is 18.2 Å². The number of ether oxygens (including phenoxy) is 2. The second-order valence-corrected chi connectivity index (χ2v) is 5.58. The Bertz CT molecular complexity index is 634. The van der Waals surface area contributed by atoms with Crippen LogP contribution in [-0.4, -0.2) is 25.4 Å². The van der Waals surface area contributed by atoms with Gasteiger partial charge in [0.25, 0.3) is 0 Å². The fourth-order valence-corrected chi connectivity index (χ4v) is 2.40. The fraction of sp³-hybridized carbons (Fsp3) is 0.368. The third-order valence-electron chi connectivity index (χ3n) is 3.77. The molecule has 2 aromatic rings. The number of nitrogens with two attached hydrogens (primary N) is 1. The van der Waals surface area contributed by atoms with Crippen molar-refractivity contribution in [2.24, 2.45) is 0 Å². The highest BCUT2D eigenvalue weighted by Gasteiger charge is 2.08. The number of aliphatic hydroxyl groups excluding tert-OH is 1. The van der Waals surface area contributed by atoms with E-state index in [0.717, 1.165) is 31.5 Å². The van der Waals surface area contributed by atoms with E-state index in [-0.39, 0.29) is 19.0 Å². The van der Waals surface area contributed by atoms with E-state index in [1.807, 2.05) is 18.2 Å². The summed E-state index contributed by atoms with van der Waals surface area (Å²) in [6.45, 7) is 2.23. The molecule has 0 saturated carbocycles. The predicted octanol–water partition coefficient (Wildman–Crippen LogP) is 2.25. The first-order valence-electron chi connectivity index (χ1n) is 8.20. The predicted molar refractivity (Wildman–Crippen MR) is 90.5 cm³/mol. The molecule has 0 aliphatic rings. The molecule has 24 heavy (non-hydrogen) atoms. The van der Waals surface area contributed by atoms with E-state index in [1.165, 1.54) is 6.07 Å². The van der Waals surface area contributed by atoms with E-state index in [2.05, 4.69) is 5.32 Å². The Hall–Kier alpha value is -2.11. The molecule has 2 rings (SSSR count). The minimum absolute atomic E-state index is 0.162. The molecule has 0 aliphatic heterocycles. The molecule has 0 fully saturated rings. The zero-order chi connectivity index (χ0) is 17.2. The molecule has 130 valence electrons. The lowest BCUT2D eigenvalue weighted by Crippen LogP contribution is -2.82. The Kier molecular flexibility index (Phi) is 7.52. The summed E-state index contributed by atoms with van der Waals surface area (Å²) in [7, 11) is 1.60. The van der Waals surface area contributed by atoms with E-state index in [4.69, 9.17) is 14.6 Å². The molecule has 0 heterocycles. The summed E-state index contributed by atoms with van der Waals surface area (Å²) in [6, 6.07) is 12.4. The first-order chi connectivity index (χ1) is 11.7. The number of rotatable bonds is 10. The van der Waals surface area contributed by atoms with Crippen LogP contribution < -0.4 is 14.8 Å². The van der Waals surface area contributed by atoms with Crippen molar-refractivity contribution in [1.82, 2.24) is 0 Å². The number of hydrogen-bond acceptors (Lipinski definition) is 3. The van der Waals surface area contributed by atoms with Crippen molar-refractivity contribution in [3.05, 3.63) is 59.4 Å². The van der Waals surface area contributed by atoms with Gasteiger partial charge in [0.1, 0.15) is 19.0 Å². The Morgan fingerprint density at radius 1 is 1.08 bits per heavy atom. The highest BCUT2D eigenvalue weighted by Crippen LogP contribution is 2.28. The van der Waals surface area contributed by atoms with Crippen molar-refractivity contribution in [3.63, 3.8) is 0 Å². The number of halogens is 1. The second-order valence-electron chi connectivity index (χ2n) is 5.58. The van der Waals surface area contributed by atoms with Crippen LogP contribution in [0.25, 0.3) is 0 Å². The number of quaternary nitrogens is 1. The molecule has 0 radical (unpaired) electrons. The third kappa shape index (κ3) is 5.51. The van der Waals surface area contributed by atoms with Crippen LogP contribution in [0.4, 0.5) is 4.39 Å². The Labute approximate surface area is 142 Å². The van der Waals surface area contributed by atoms with Crippen LogP contribution in [0.1, 0.15) is 24.0 Å². The zero-order valence-corrected chi connectivity index (χ0v) is 14.0. The average molecular weight is 334 g/mol. The molecule has 3 N–H and O–H groups in total. The van der Waals surface area contributed by atoms with Crippen LogP contribution in [0.5, 0.6) is 11.5 Å². The first-order valence-corrected chi connectivity index (χ1v) is 8.20. The van der Waals surface area contributed by atoms with Gasteiger partial charge in [-0.2, -0.15) is 0 Å². The van der Waals surface area contributed by atoms with Crippen molar-refractivity contribution in [2.45, 2.75) is 26.0 Å². The molecular formula is C19H25FNO3+. The van der Waals surface area contributed by atoms with Crippen LogP contribution in [0.15, 0.2) is 42.5 Å². The third-order valence-corrected chi connectivity index (χ3v) is 3.77. The maximum absolute atomic E-state index is 13.6. The minimum atomic E-state index is -0.273. The lowest BCUT2D eigenvalue weighted by molar-refractivity contribution is -0.671. The fourth-order valence-electron chi connectivity index (χ4n) is 2.40. The highest BCUT2D eigenvalue weighted by atomic mass is 19.1. The highest BCUT2D eigenvalue weighted by molar-refractivity contribution is 5.42. The Morgan fingerprint density at radius 3 is 2.67 bits per heavy atom. The molecule has 0 aliphatic carbocycles. The molecule has 0 bridgehead atoms. The van der Waals surface area contributed by atoms with Gasteiger partial charge in [-0.15, -0.1) is 0 Å². The molecule has 0 aromatic heterocycles. The van der Waals surface area contributed by atoms with Crippen molar-refractivity contribution < 1.29 is 24.3 Å². The smallest absolute Gasteiger partial charge is 0.161 e. The number of benzene rings is 2. The number of unbranched alkanes of at least 4 members (excludes halogenated alkanes) is 1. The van der Waals surface area contributed by atoms with Gasteiger partial charge in [0.2, 0.25) is 0 Å². The van der Waals surface area contributed by atoms with Crippen LogP contribution in [0.2, 0.25) is 0 Å². The van der Waals surface area contributed by atoms with Gasteiger partial charge in [0.15, 0.2) is 11.5 Å². The average Bonchev–Trinajstić information content (AvgIpc) is 2.61.